The van der Waals surface area contributed by atoms with Gasteiger partial charge in [-0.05, 0) is 30.2 Å². The summed E-state index contributed by atoms with van der Waals surface area (Å²) in [5, 5.41) is 0.700. The molecule has 5 nitrogen and oxygen atoms in total. The van der Waals surface area contributed by atoms with Gasteiger partial charge in [0, 0.05) is 17.7 Å². The zero-order valence-corrected chi connectivity index (χ0v) is 14.2. The highest BCUT2D eigenvalue weighted by Crippen LogP contribution is 2.38. The molecule has 1 aromatic carbocycles. The molecule has 0 unspecified atom stereocenters. The van der Waals surface area contributed by atoms with Crippen molar-refractivity contribution in [3.8, 4) is 17.2 Å². The fourth-order valence-electron chi connectivity index (χ4n) is 2.36. The van der Waals surface area contributed by atoms with Crippen LogP contribution in [0.3, 0.4) is 0 Å². The highest BCUT2D eigenvalue weighted by molar-refractivity contribution is 6.30. The molecule has 1 amide bonds. The van der Waals surface area contributed by atoms with Crippen molar-refractivity contribution >= 4 is 23.6 Å². The molecular formula is C17H20ClNO4. The third kappa shape index (κ3) is 4.20. The van der Waals surface area contributed by atoms with E-state index < -0.39 is 0 Å². The summed E-state index contributed by atoms with van der Waals surface area (Å²) in [6, 6.07) is 3.57. The summed E-state index contributed by atoms with van der Waals surface area (Å²) in [6.07, 6.45) is 5.96. The van der Waals surface area contributed by atoms with E-state index in [0.29, 0.717) is 35.4 Å². The highest BCUT2D eigenvalue weighted by Gasteiger charge is 2.16. The van der Waals surface area contributed by atoms with Crippen molar-refractivity contribution in [3.63, 3.8) is 0 Å². The predicted molar refractivity (Wildman–Crippen MR) is 90.3 cm³/mol. The average Bonchev–Trinajstić information content (AvgIpc) is 2.58. The first-order valence-corrected chi connectivity index (χ1v) is 7.58. The Labute approximate surface area is 141 Å². The second-order valence-electron chi connectivity index (χ2n) is 4.99. The van der Waals surface area contributed by atoms with Gasteiger partial charge in [0.2, 0.25) is 11.7 Å². The van der Waals surface area contributed by atoms with Gasteiger partial charge in [-0.15, -0.1) is 0 Å². The first-order chi connectivity index (χ1) is 11.1. The van der Waals surface area contributed by atoms with Crippen molar-refractivity contribution < 1.29 is 19.0 Å². The van der Waals surface area contributed by atoms with Crippen molar-refractivity contribution in [2.75, 3.05) is 34.4 Å². The zero-order chi connectivity index (χ0) is 16.8. The number of amides is 1. The fraction of sp³-hybridized carbons (Fsp3) is 0.353. The van der Waals surface area contributed by atoms with E-state index >= 15 is 0 Å². The molecule has 0 saturated heterocycles. The molecule has 1 aromatic rings. The number of methoxy groups -OCH3 is 3. The van der Waals surface area contributed by atoms with E-state index in [9.17, 15) is 4.79 Å². The van der Waals surface area contributed by atoms with E-state index in [4.69, 9.17) is 25.8 Å². The molecule has 0 fully saturated rings. The van der Waals surface area contributed by atoms with Gasteiger partial charge in [-0.2, -0.15) is 0 Å². The Bertz CT molecular complexity index is 614. The second-order valence-corrected chi connectivity index (χ2v) is 5.48. The lowest BCUT2D eigenvalue weighted by Crippen LogP contribution is -2.33. The maximum absolute atomic E-state index is 12.2. The molecule has 1 aliphatic rings. The number of carbonyl (C=O) groups is 1. The van der Waals surface area contributed by atoms with Crippen molar-refractivity contribution in [2.45, 2.75) is 6.42 Å². The van der Waals surface area contributed by atoms with Gasteiger partial charge in [-0.25, -0.2) is 0 Å². The minimum absolute atomic E-state index is 0.0787. The van der Waals surface area contributed by atoms with E-state index in [2.05, 4.69) is 0 Å². The van der Waals surface area contributed by atoms with Gasteiger partial charge in [0.05, 0.1) is 27.9 Å². The maximum Gasteiger partial charge on any atom is 0.246 e. The number of rotatable bonds is 5. The van der Waals surface area contributed by atoms with Crippen LogP contribution in [0.15, 0.2) is 29.3 Å². The van der Waals surface area contributed by atoms with Crippen LogP contribution < -0.4 is 14.2 Å². The van der Waals surface area contributed by atoms with Crippen LogP contribution in [-0.4, -0.2) is 45.2 Å². The molecule has 0 atom stereocenters. The van der Waals surface area contributed by atoms with E-state index in [1.165, 1.54) is 6.08 Å². The number of hydrogen-bond donors (Lipinski definition) is 0. The highest BCUT2D eigenvalue weighted by atomic mass is 35.5. The van der Waals surface area contributed by atoms with Gasteiger partial charge in [0.25, 0.3) is 0 Å². The van der Waals surface area contributed by atoms with Crippen LogP contribution in [0.4, 0.5) is 0 Å². The second kappa shape index (κ2) is 7.92. The molecule has 0 spiro atoms. The molecule has 0 bridgehead atoms. The van der Waals surface area contributed by atoms with Crippen molar-refractivity contribution in [2.24, 2.45) is 0 Å². The largest absolute Gasteiger partial charge is 0.493 e. The van der Waals surface area contributed by atoms with Crippen molar-refractivity contribution in [3.05, 3.63) is 34.9 Å². The quantitative estimate of drug-likeness (QED) is 0.775. The Morgan fingerprint density at radius 1 is 1.17 bits per heavy atom. The van der Waals surface area contributed by atoms with Gasteiger partial charge in [0.1, 0.15) is 0 Å². The molecule has 1 heterocycles. The number of carbonyl (C=O) groups excluding carboxylic acids is 1. The molecule has 23 heavy (non-hydrogen) atoms. The third-order valence-corrected chi connectivity index (χ3v) is 3.80. The fourth-order valence-corrected chi connectivity index (χ4v) is 2.61. The van der Waals surface area contributed by atoms with Crippen LogP contribution in [0.25, 0.3) is 6.08 Å². The lowest BCUT2D eigenvalue weighted by atomic mass is 10.1. The topological polar surface area (TPSA) is 48.0 Å². The molecule has 1 aliphatic heterocycles. The van der Waals surface area contributed by atoms with Crippen molar-refractivity contribution in [1.29, 1.82) is 0 Å². The Morgan fingerprint density at radius 3 is 2.35 bits per heavy atom. The van der Waals surface area contributed by atoms with Gasteiger partial charge < -0.3 is 19.1 Å². The number of benzene rings is 1. The summed E-state index contributed by atoms with van der Waals surface area (Å²) < 4.78 is 15.9. The molecule has 0 aliphatic carbocycles. The smallest absolute Gasteiger partial charge is 0.246 e. The summed E-state index contributed by atoms with van der Waals surface area (Å²) in [4.78, 5) is 13.9. The number of ether oxygens (including phenoxy) is 3. The minimum Gasteiger partial charge on any atom is -0.493 e. The maximum atomic E-state index is 12.2. The Kier molecular flexibility index (Phi) is 5.93. The summed E-state index contributed by atoms with van der Waals surface area (Å²) in [5.74, 6) is 1.53. The molecule has 0 aromatic heterocycles. The Morgan fingerprint density at radius 2 is 1.83 bits per heavy atom. The molecular weight excluding hydrogens is 318 g/mol. The molecule has 0 saturated carbocycles. The average molecular weight is 338 g/mol. The van der Waals surface area contributed by atoms with Crippen LogP contribution in [0.5, 0.6) is 17.2 Å². The normalized spacial score (nSPS) is 14.6. The number of nitrogens with zero attached hydrogens (tertiary/aromatic N) is 1. The van der Waals surface area contributed by atoms with Gasteiger partial charge in [-0.1, -0.05) is 17.7 Å². The van der Waals surface area contributed by atoms with Crippen molar-refractivity contribution in [1.82, 2.24) is 4.90 Å². The summed E-state index contributed by atoms with van der Waals surface area (Å²) >= 11 is 5.98. The summed E-state index contributed by atoms with van der Waals surface area (Å²) in [7, 11) is 4.66. The SMILES string of the molecule is COc1cc(/C=C/C(=O)N2CCC=C(Cl)C2)cc(OC)c1OC. The number of hydrogen-bond acceptors (Lipinski definition) is 4. The first-order valence-electron chi connectivity index (χ1n) is 7.20. The van der Waals surface area contributed by atoms with Gasteiger partial charge in [-0.3, -0.25) is 4.79 Å². The lowest BCUT2D eigenvalue weighted by Gasteiger charge is -2.23. The third-order valence-electron chi connectivity index (χ3n) is 3.52. The Balaban J connectivity index is 2.19. The molecule has 2 rings (SSSR count). The molecule has 6 heteroatoms. The monoisotopic (exact) mass is 337 g/mol. The minimum atomic E-state index is -0.0787. The van der Waals surface area contributed by atoms with Crippen LogP contribution >= 0.6 is 11.6 Å². The van der Waals surface area contributed by atoms with Crippen LogP contribution in [0.1, 0.15) is 12.0 Å². The van der Waals surface area contributed by atoms with Crippen LogP contribution in [0.2, 0.25) is 0 Å². The predicted octanol–water partition coefficient (Wildman–Crippen LogP) is 3.08. The standard InChI is InChI=1S/C17H20ClNO4/c1-21-14-9-12(10-15(22-2)17(14)23-3)6-7-16(20)19-8-4-5-13(18)11-19/h5-7,9-10H,4,8,11H2,1-3H3/b7-6+. The van der Waals surface area contributed by atoms with E-state index in [1.54, 1.807) is 44.4 Å². The molecule has 124 valence electrons. The zero-order valence-electron chi connectivity index (χ0n) is 13.5. The summed E-state index contributed by atoms with van der Waals surface area (Å²) in [6.45, 7) is 1.13. The first kappa shape index (κ1) is 17.2. The van der Waals surface area contributed by atoms with Crippen LogP contribution in [0, 0.1) is 0 Å². The molecule has 0 radical (unpaired) electrons. The Hall–Kier alpha value is -2.14. The van der Waals surface area contributed by atoms with E-state index in [-0.39, 0.29) is 5.91 Å². The van der Waals surface area contributed by atoms with Gasteiger partial charge >= 0.3 is 0 Å². The van der Waals surface area contributed by atoms with Gasteiger partial charge in [0.15, 0.2) is 11.5 Å². The molecule has 0 N–H and O–H groups in total. The summed E-state index contributed by atoms with van der Waals surface area (Å²) in [5.41, 5.74) is 0.784. The van der Waals surface area contributed by atoms with E-state index in [0.717, 1.165) is 12.0 Å². The van der Waals surface area contributed by atoms with E-state index in [1.807, 2.05) is 6.08 Å². The lowest BCUT2D eigenvalue weighted by molar-refractivity contribution is -0.125. The van der Waals surface area contributed by atoms with Crippen LogP contribution in [-0.2, 0) is 4.79 Å². The number of halogens is 1.